The van der Waals surface area contributed by atoms with Crippen LogP contribution in [-0.2, 0) is 4.74 Å². The quantitative estimate of drug-likeness (QED) is 0.278. The lowest BCUT2D eigenvalue weighted by molar-refractivity contribution is -0.383. The van der Waals surface area contributed by atoms with Gasteiger partial charge in [-0.2, -0.15) is 0 Å². The molecule has 114 valence electrons. The van der Waals surface area contributed by atoms with Gasteiger partial charge in [-0.25, -0.2) is 4.79 Å². The van der Waals surface area contributed by atoms with Crippen LogP contribution in [0, 0.1) is 10.1 Å². The number of halogens is 1. The normalized spacial score (nSPS) is 10.2. The van der Waals surface area contributed by atoms with E-state index in [1.165, 1.54) is 23.5 Å². The fourth-order valence-corrected chi connectivity index (χ4v) is 2.89. The van der Waals surface area contributed by atoms with Gasteiger partial charge in [0.1, 0.15) is 5.69 Å². The summed E-state index contributed by atoms with van der Waals surface area (Å²) in [6.07, 6.45) is 0. The first-order valence-corrected chi connectivity index (χ1v) is 7.49. The molecule has 0 aliphatic heterocycles. The Labute approximate surface area is 137 Å². The van der Waals surface area contributed by atoms with E-state index in [4.69, 9.17) is 10.5 Å². The number of hydrogen-bond acceptors (Lipinski definition) is 7. The van der Waals surface area contributed by atoms with Crippen LogP contribution in [0.2, 0.25) is 0 Å². The summed E-state index contributed by atoms with van der Waals surface area (Å²) < 4.78 is 5.66. The minimum atomic E-state index is -0.827. The van der Waals surface area contributed by atoms with Crippen LogP contribution in [0.15, 0.2) is 34.1 Å². The molecule has 0 fully saturated rings. The number of esters is 1. The summed E-state index contributed by atoms with van der Waals surface area (Å²) in [6.45, 7) is -0.441. The molecule has 0 radical (unpaired) electrons. The number of nitrogen functional groups attached to an aromatic ring is 1. The molecule has 7 nitrogen and oxygen atoms in total. The fraction of sp³-hybridized carbons (Fsp3) is 0.0769. The molecule has 1 aromatic heterocycles. The number of nitro groups is 1. The van der Waals surface area contributed by atoms with Crippen LogP contribution in [0.25, 0.3) is 0 Å². The average molecular weight is 385 g/mol. The number of ether oxygens (including phenoxy) is 1. The van der Waals surface area contributed by atoms with Crippen molar-refractivity contribution >= 4 is 50.4 Å². The molecule has 0 amide bonds. The van der Waals surface area contributed by atoms with Gasteiger partial charge in [-0.1, -0.05) is 0 Å². The molecule has 0 spiro atoms. The molecule has 0 atom stereocenters. The Morgan fingerprint density at radius 3 is 2.64 bits per heavy atom. The summed E-state index contributed by atoms with van der Waals surface area (Å²) in [6, 6.07) is 6.88. The SMILES string of the molecule is Nc1ccc(C(=O)OCC(=O)c2ccc(Br)s2)cc1[N+](=O)[O-]. The van der Waals surface area contributed by atoms with Crippen molar-refractivity contribution in [3.63, 3.8) is 0 Å². The second-order valence-corrected chi connectivity index (χ2v) is 6.60. The predicted molar refractivity (Wildman–Crippen MR) is 84.1 cm³/mol. The van der Waals surface area contributed by atoms with Crippen LogP contribution in [0.3, 0.4) is 0 Å². The van der Waals surface area contributed by atoms with Crippen molar-refractivity contribution in [2.45, 2.75) is 0 Å². The van der Waals surface area contributed by atoms with Gasteiger partial charge in [0, 0.05) is 6.07 Å². The topological polar surface area (TPSA) is 113 Å². The predicted octanol–water partition coefficient (Wildman–Crippen LogP) is 3.04. The number of nitro benzene ring substituents is 1. The maximum absolute atomic E-state index is 11.8. The number of nitrogens with zero attached hydrogens (tertiary/aromatic N) is 1. The smallest absolute Gasteiger partial charge is 0.338 e. The Morgan fingerprint density at radius 1 is 1.32 bits per heavy atom. The second-order valence-electron chi connectivity index (χ2n) is 4.13. The van der Waals surface area contributed by atoms with Crippen molar-refractivity contribution in [2.24, 2.45) is 0 Å². The van der Waals surface area contributed by atoms with E-state index in [9.17, 15) is 19.7 Å². The number of nitrogens with two attached hydrogens (primary N) is 1. The Balaban J connectivity index is 2.05. The number of carbonyl (C=O) groups is 2. The molecule has 2 N–H and O–H groups in total. The van der Waals surface area contributed by atoms with Gasteiger partial charge < -0.3 is 10.5 Å². The number of rotatable bonds is 5. The molecule has 2 rings (SSSR count). The number of Topliss-reactive ketones (excluding diaryl/α,β-unsaturated/α-hetero) is 1. The zero-order valence-electron chi connectivity index (χ0n) is 10.9. The van der Waals surface area contributed by atoms with Crippen LogP contribution < -0.4 is 5.73 Å². The van der Waals surface area contributed by atoms with Crippen molar-refractivity contribution < 1.29 is 19.2 Å². The highest BCUT2D eigenvalue weighted by Crippen LogP contribution is 2.24. The van der Waals surface area contributed by atoms with E-state index >= 15 is 0 Å². The molecule has 1 heterocycles. The lowest BCUT2D eigenvalue weighted by Crippen LogP contribution is -2.13. The van der Waals surface area contributed by atoms with E-state index in [1.54, 1.807) is 12.1 Å². The van der Waals surface area contributed by atoms with E-state index in [0.717, 1.165) is 9.85 Å². The van der Waals surface area contributed by atoms with Crippen molar-refractivity contribution in [2.75, 3.05) is 12.3 Å². The number of hydrogen-bond donors (Lipinski definition) is 1. The van der Waals surface area contributed by atoms with Gasteiger partial charge >= 0.3 is 5.97 Å². The summed E-state index contributed by atoms with van der Waals surface area (Å²) >= 11 is 4.45. The minimum Gasteiger partial charge on any atom is -0.454 e. The van der Waals surface area contributed by atoms with Crippen LogP contribution in [-0.4, -0.2) is 23.3 Å². The van der Waals surface area contributed by atoms with Crippen LogP contribution in [0.4, 0.5) is 11.4 Å². The molecule has 2 aromatic rings. The van der Waals surface area contributed by atoms with Gasteiger partial charge in [0.15, 0.2) is 6.61 Å². The Kier molecular flexibility index (Phi) is 4.88. The molecular weight excluding hydrogens is 376 g/mol. The van der Waals surface area contributed by atoms with Crippen molar-refractivity contribution in [3.8, 4) is 0 Å². The fourth-order valence-electron chi connectivity index (χ4n) is 1.58. The van der Waals surface area contributed by atoms with E-state index < -0.39 is 17.5 Å². The third-order valence-electron chi connectivity index (χ3n) is 2.65. The van der Waals surface area contributed by atoms with Crippen molar-refractivity contribution in [1.82, 2.24) is 0 Å². The summed E-state index contributed by atoms with van der Waals surface area (Å²) in [5, 5.41) is 10.8. The average Bonchev–Trinajstić information content (AvgIpc) is 2.91. The van der Waals surface area contributed by atoms with E-state index in [1.807, 2.05) is 0 Å². The van der Waals surface area contributed by atoms with E-state index in [-0.39, 0.29) is 22.7 Å². The summed E-state index contributed by atoms with van der Waals surface area (Å²) in [5.74, 6) is -1.18. The molecule has 0 unspecified atom stereocenters. The minimum absolute atomic E-state index is 0.0407. The lowest BCUT2D eigenvalue weighted by atomic mass is 10.2. The Hall–Kier alpha value is -2.26. The Morgan fingerprint density at radius 2 is 2.05 bits per heavy atom. The largest absolute Gasteiger partial charge is 0.454 e. The first-order chi connectivity index (χ1) is 10.4. The summed E-state index contributed by atoms with van der Waals surface area (Å²) in [4.78, 5) is 34.2. The molecule has 22 heavy (non-hydrogen) atoms. The zero-order valence-corrected chi connectivity index (χ0v) is 13.3. The third-order valence-corrected chi connectivity index (χ3v) is 4.31. The van der Waals surface area contributed by atoms with Gasteiger partial charge in [-0.05, 0) is 40.2 Å². The van der Waals surface area contributed by atoms with Crippen LogP contribution in [0.5, 0.6) is 0 Å². The first-order valence-electron chi connectivity index (χ1n) is 5.88. The van der Waals surface area contributed by atoms with Crippen LogP contribution in [0.1, 0.15) is 20.0 Å². The third kappa shape index (κ3) is 3.68. The summed E-state index contributed by atoms with van der Waals surface area (Å²) in [7, 11) is 0. The standard InChI is InChI=1S/C13H9BrN2O5S/c14-12-4-3-11(22-12)10(17)6-21-13(18)7-1-2-8(15)9(5-7)16(19)20/h1-5H,6,15H2. The maximum atomic E-state index is 11.8. The molecule has 0 saturated heterocycles. The van der Waals surface area contributed by atoms with E-state index in [0.29, 0.717) is 4.88 Å². The highest BCUT2D eigenvalue weighted by molar-refractivity contribution is 9.11. The molecule has 1 aromatic carbocycles. The van der Waals surface area contributed by atoms with Gasteiger partial charge in [0.05, 0.1) is 19.2 Å². The molecule has 0 bridgehead atoms. The van der Waals surface area contributed by atoms with Gasteiger partial charge in [-0.3, -0.25) is 14.9 Å². The van der Waals surface area contributed by atoms with Gasteiger partial charge in [0.2, 0.25) is 5.78 Å². The molecule has 0 aliphatic carbocycles. The number of ketones is 1. The molecule has 0 saturated carbocycles. The number of benzene rings is 1. The number of anilines is 1. The zero-order chi connectivity index (χ0) is 16.3. The maximum Gasteiger partial charge on any atom is 0.338 e. The number of thiophene rings is 1. The summed E-state index contributed by atoms with van der Waals surface area (Å²) in [5.41, 5.74) is 4.96. The second kappa shape index (κ2) is 6.67. The van der Waals surface area contributed by atoms with Crippen LogP contribution >= 0.6 is 27.3 Å². The van der Waals surface area contributed by atoms with Crippen molar-refractivity contribution in [1.29, 1.82) is 0 Å². The van der Waals surface area contributed by atoms with E-state index in [2.05, 4.69) is 15.9 Å². The first kappa shape index (κ1) is 16.1. The highest BCUT2D eigenvalue weighted by Gasteiger charge is 2.18. The Bertz CT molecular complexity index is 759. The molecule has 9 heteroatoms. The monoisotopic (exact) mass is 384 g/mol. The van der Waals surface area contributed by atoms with Gasteiger partial charge in [-0.15, -0.1) is 11.3 Å². The van der Waals surface area contributed by atoms with Gasteiger partial charge in [0.25, 0.3) is 5.69 Å². The molecular formula is C13H9BrN2O5S. The highest BCUT2D eigenvalue weighted by atomic mass is 79.9. The number of carbonyl (C=O) groups excluding carboxylic acids is 2. The molecule has 0 aliphatic rings. The lowest BCUT2D eigenvalue weighted by Gasteiger charge is -2.04. The van der Waals surface area contributed by atoms with Crippen molar-refractivity contribution in [3.05, 3.63) is 54.7 Å².